The fourth-order valence-electron chi connectivity index (χ4n) is 3.28. The molecule has 0 bridgehead atoms. The molecule has 1 aliphatic rings. The van der Waals surface area contributed by atoms with Crippen LogP contribution in [0, 0.1) is 12.3 Å². The molecule has 1 amide bonds. The highest BCUT2D eigenvalue weighted by molar-refractivity contribution is 7.15. The van der Waals surface area contributed by atoms with E-state index < -0.39 is 5.41 Å². The number of nitrogens with two attached hydrogens (primary N) is 1. The van der Waals surface area contributed by atoms with E-state index in [0.717, 1.165) is 18.0 Å². The number of H-pyrrole nitrogens is 1. The van der Waals surface area contributed by atoms with Crippen molar-refractivity contribution < 1.29 is 4.79 Å². The number of piperidine rings is 1. The molecule has 0 spiro atoms. The van der Waals surface area contributed by atoms with Gasteiger partial charge < -0.3 is 16.0 Å². The smallest absolute Gasteiger partial charge is 0.242 e. The van der Waals surface area contributed by atoms with Gasteiger partial charge in [0.25, 0.3) is 0 Å². The Bertz CT molecular complexity index is 929. The molecule has 3 aromatic rings. The van der Waals surface area contributed by atoms with Gasteiger partial charge in [-0.15, -0.1) is 11.3 Å². The molecule has 1 fully saturated rings. The zero-order valence-electron chi connectivity index (χ0n) is 14.4. The number of amides is 1. The summed E-state index contributed by atoms with van der Waals surface area (Å²) in [6.45, 7) is 3.75. The molecular formula is C16H20N8OS. The maximum atomic E-state index is 13.7. The Balaban J connectivity index is 1.86. The van der Waals surface area contributed by atoms with Crippen LogP contribution >= 0.6 is 11.3 Å². The van der Waals surface area contributed by atoms with Crippen LogP contribution in [0.3, 0.4) is 0 Å². The lowest BCUT2D eigenvalue weighted by molar-refractivity contribution is -0.128. The van der Waals surface area contributed by atoms with Gasteiger partial charge in [0.1, 0.15) is 6.33 Å². The molecule has 0 atom stereocenters. The Morgan fingerprint density at radius 1 is 1.31 bits per heavy atom. The average molecular weight is 372 g/mol. The van der Waals surface area contributed by atoms with Crippen molar-refractivity contribution in [3.63, 3.8) is 0 Å². The van der Waals surface area contributed by atoms with Crippen molar-refractivity contribution in [1.82, 2.24) is 30.2 Å². The zero-order valence-corrected chi connectivity index (χ0v) is 15.2. The summed E-state index contributed by atoms with van der Waals surface area (Å²) in [5, 5.41) is 3.87. The first-order valence-corrected chi connectivity index (χ1v) is 9.28. The van der Waals surface area contributed by atoms with Gasteiger partial charge in [0.2, 0.25) is 5.91 Å². The normalized spacial score (nSPS) is 16.7. The van der Waals surface area contributed by atoms with Crippen LogP contribution in [0.15, 0.2) is 18.9 Å². The number of hydrogen-bond acceptors (Lipinski definition) is 8. The number of carbonyl (C=O) groups is 1. The molecule has 3 aromatic heterocycles. The van der Waals surface area contributed by atoms with Crippen molar-refractivity contribution in [2.24, 2.45) is 11.1 Å². The number of fused-ring (bicyclic) bond motifs is 1. The number of nitrogens with zero attached hydrogens (tertiary/aromatic N) is 5. The van der Waals surface area contributed by atoms with Gasteiger partial charge in [-0.2, -0.15) is 0 Å². The third-order valence-corrected chi connectivity index (χ3v) is 5.72. The number of aromatic amines is 1. The number of thiazole rings is 1. The number of aromatic nitrogens is 5. The number of anilines is 2. The van der Waals surface area contributed by atoms with E-state index in [1.807, 2.05) is 6.92 Å². The highest BCUT2D eigenvalue weighted by atomic mass is 32.1. The number of imidazole rings is 1. The van der Waals surface area contributed by atoms with Crippen molar-refractivity contribution in [1.29, 1.82) is 0 Å². The van der Waals surface area contributed by atoms with Crippen LogP contribution in [-0.2, 0) is 4.79 Å². The van der Waals surface area contributed by atoms with E-state index in [2.05, 4.69) is 30.2 Å². The second-order valence-electron chi connectivity index (χ2n) is 6.43. The van der Waals surface area contributed by atoms with Gasteiger partial charge in [0, 0.05) is 17.6 Å². The fourth-order valence-corrected chi connectivity index (χ4v) is 4.04. The summed E-state index contributed by atoms with van der Waals surface area (Å²) >= 11 is 1.44. The largest absolute Gasteiger partial charge is 0.329 e. The second kappa shape index (κ2) is 6.71. The van der Waals surface area contributed by atoms with Gasteiger partial charge in [-0.25, -0.2) is 24.8 Å². The van der Waals surface area contributed by atoms with Crippen molar-refractivity contribution in [3.05, 3.63) is 23.7 Å². The van der Waals surface area contributed by atoms with Gasteiger partial charge in [-0.3, -0.25) is 4.79 Å². The van der Waals surface area contributed by atoms with E-state index >= 15 is 0 Å². The van der Waals surface area contributed by atoms with Gasteiger partial charge in [0.15, 0.2) is 22.1 Å². The lowest BCUT2D eigenvalue weighted by atomic mass is 9.77. The number of aryl methyl sites for hydroxylation is 1. The van der Waals surface area contributed by atoms with Gasteiger partial charge in [-0.05, 0) is 32.9 Å². The first-order chi connectivity index (χ1) is 12.6. The van der Waals surface area contributed by atoms with Gasteiger partial charge in [0.05, 0.1) is 11.7 Å². The summed E-state index contributed by atoms with van der Waals surface area (Å²) in [5.74, 6) is 0.348. The third kappa shape index (κ3) is 2.75. The molecule has 0 aliphatic carbocycles. The van der Waals surface area contributed by atoms with E-state index in [-0.39, 0.29) is 12.5 Å². The molecule has 9 nitrogen and oxygen atoms in total. The molecule has 0 unspecified atom stereocenters. The minimum Gasteiger partial charge on any atom is -0.329 e. The fraction of sp³-hybridized carbons (Fsp3) is 0.438. The van der Waals surface area contributed by atoms with Crippen molar-refractivity contribution in [2.45, 2.75) is 19.8 Å². The van der Waals surface area contributed by atoms with Gasteiger partial charge in [-0.1, -0.05) is 0 Å². The number of rotatable bonds is 4. The van der Waals surface area contributed by atoms with E-state index in [9.17, 15) is 4.79 Å². The van der Waals surface area contributed by atoms with E-state index in [1.165, 1.54) is 17.7 Å². The number of nitrogens with one attached hydrogen (secondary N) is 2. The lowest BCUT2D eigenvalue weighted by Gasteiger charge is -2.38. The first kappa shape index (κ1) is 17.0. The van der Waals surface area contributed by atoms with Crippen LogP contribution in [0.1, 0.15) is 17.7 Å². The molecule has 136 valence electrons. The highest BCUT2D eigenvalue weighted by Gasteiger charge is 2.43. The van der Waals surface area contributed by atoms with E-state index in [1.54, 1.807) is 17.4 Å². The molecule has 0 aromatic carbocycles. The van der Waals surface area contributed by atoms with Crippen LogP contribution < -0.4 is 16.0 Å². The average Bonchev–Trinajstić information content (AvgIpc) is 3.32. The Morgan fingerprint density at radius 3 is 2.81 bits per heavy atom. The topological polar surface area (TPSA) is 126 Å². The minimum atomic E-state index is -0.640. The maximum absolute atomic E-state index is 13.7. The monoisotopic (exact) mass is 372 g/mol. The zero-order chi connectivity index (χ0) is 18.1. The van der Waals surface area contributed by atoms with Crippen LogP contribution in [-0.4, -0.2) is 50.5 Å². The Hall–Kier alpha value is -2.43. The maximum Gasteiger partial charge on any atom is 0.242 e. The Labute approximate surface area is 154 Å². The quantitative estimate of drug-likeness (QED) is 0.626. The van der Waals surface area contributed by atoms with E-state index in [4.69, 9.17) is 5.73 Å². The molecule has 1 aliphatic heterocycles. The number of carbonyl (C=O) groups excluding carboxylic acids is 1. The highest BCUT2D eigenvalue weighted by Crippen LogP contribution is 2.38. The summed E-state index contributed by atoms with van der Waals surface area (Å²) in [5.41, 5.74) is 6.56. The summed E-state index contributed by atoms with van der Waals surface area (Å²) in [6, 6.07) is 0. The van der Waals surface area contributed by atoms with Crippen LogP contribution in [0.4, 0.5) is 10.9 Å². The van der Waals surface area contributed by atoms with Crippen molar-refractivity contribution in [2.75, 3.05) is 24.5 Å². The van der Waals surface area contributed by atoms with Gasteiger partial charge >= 0.3 is 0 Å². The molecule has 4 N–H and O–H groups in total. The molecule has 10 heteroatoms. The second-order valence-corrected chi connectivity index (χ2v) is 7.64. The standard InChI is InChI=1S/C16H20N8OS/c1-10-6-19-15(26-10)24(13-11-12(21-8-20-11)22-9-23-13)14(25)16(7-17)2-4-18-5-3-16/h6,8-9,18H,2-5,7,17H2,1H3,(H,20,21,22,23). The van der Waals surface area contributed by atoms with Crippen molar-refractivity contribution >= 4 is 39.4 Å². The molecule has 4 rings (SSSR count). The van der Waals surface area contributed by atoms with Crippen LogP contribution in [0.2, 0.25) is 0 Å². The Morgan fingerprint density at radius 2 is 2.12 bits per heavy atom. The third-order valence-electron chi connectivity index (χ3n) is 4.82. The predicted octanol–water partition coefficient (Wildman–Crippen LogP) is 1.11. The lowest BCUT2D eigenvalue weighted by Crippen LogP contribution is -2.52. The van der Waals surface area contributed by atoms with Crippen molar-refractivity contribution in [3.8, 4) is 0 Å². The van der Waals surface area contributed by atoms with Crippen LogP contribution in [0.25, 0.3) is 11.2 Å². The molecule has 26 heavy (non-hydrogen) atoms. The summed E-state index contributed by atoms with van der Waals surface area (Å²) in [6.07, 6.45) is 6.08. The number of hydrogen-bond donors (Lipinski definition) is 3. The SMILES string of the molecule is Cc1cnc(N(C(=O)C2(CN)CCNCC2)c2ncnc3[nH]cnc23)s1. The Kier molecular flexibility index (Phi) is 4.39. The first-order valence-electron chi connectivity index (χ1n) is 8.46. The van der Waals surface area contributed by atoms with Crippen LogP contribution in [0.5, 0.6) is 0 Å². The molecule has 1 saturated heterocycles. The molecule has 0 saturated carbocycles. The van der Waals surface area contributed by atoms with E-state index in [0.29, 0.717) is 35.0 Å². The molecule has 0 radical (unpaired) electrons. The summed E-state index contributed by atoms with van der Waals surface area (Å²) < 4.78 is 0. The molecular weight excluding hydrogens is 352 g/mol. The summed E-state index contributed by atoms with van der Waals surface area (Å²) in [7, 11) is 0. The molecule has 4 heterocycles. The minimum absolute atomic E-state index is 0.0844. The predicted molar refractivity (Wildman–Crippen MR) is 99.3 cm³/mol. The summed E-state index contributed by atoms with van der Waals surface area (Å²) in [4.78, 5) is 36.5.